The van der Waals surface area contributed by atoms with Gasteiger partial charge in [-0.2, -0.15) is 0 Å². The van der Waals surface area contributed by atoms with E-state index >= 15 is 0 Å². The minimum absolute atomic E-state index is 0.840. The van der Waals surface area contributed by atoms with Gasteiger partial charge in [-0.25, -0.2) is 0 Å². The summed E-state index contributed by atoms with van der Waals surface area (Å²) in [6, 6.07) is 6.39. The van der Waals surface area contributed by atoms with Crippen LogP contribution in [-0.2, 0) is 6.42 Å². The Kier molecular flexibility index (Phi) is 5.04. The number of benzene rings is 1. The summed E-state index contributed by atoms with van der Waals surface area (Å²) in [5, 5.41) is 6.74. The first-order chi connectivity index (χ1) is 10.1. The van der Waals surface area contributed by atoms with Crippen molar-refractivity contribution in [1.29, 1.82) is 0 Å². The Hall–Kier alpha value is -2.22. The third kappa shape index (κ3) is 4.12. The van der Waals surface area contributed by atoms with Crippen molar-refractivity contribution in [2.75, 3.05) is 10.6 Å². The van der Waals surface area contributed by atoms with Crippen LogP contribution >= 0.6 is 0 Å². The van der Waals surface area contributed by atoms with E-state index in [4.69, 9.17) is 0 Å². The number of fused-ring (bicyclic) bond motifs is 1. The normalized spacial score (nSPS) is 14.8. The standard InChI is InChI=1S/C19H24N2/c1-5-7-16(6-2)12-15(4)20-18-10-11-19-17(13-18)9-8-14(3)21-19/h5-7,10-11,13,20-21H,3-4,8-9,12H2,1-2H3/b7-5-,16-6+. The molecule has 1 aliphatic rings. The number of rotatable bonds is 5. The number of aryl methyl sites for hydroxylation is 1. The molecule has 0 bridgehead atoms. The molecule has 21 heavy (non-hydrogen) atoms. The lowest BCUT2D eigenvalue weighted by Gasteiger charge is -2.21. The second-order valence-electron chi connectivity index (χ2n) is 5.37. The van der Waals surface area contributed by atoms with E-state index < -0.39 is 0 Å². The van der Waals surface area contributed by atoms with Gasteiger partial charge in [-0.1, -0.05) is 31.4 Å². The van der Waals surface area contributed by atoms with Gasteiger partial charge in [-0.3, -0.25) is 0 Å². The lowest BCUT2D eigenvalue weighted by Crippen LogP contribution is -2.09. The SMILES string of the molecule is C=C(CC(/C=C\C)=C/C)Nc1ccc2c(c1)CCC(=C)N2. The van der Waals surface area contributed by atoms with E-state index in [9.17, 15) is 0 Å². The van der Waals surface area contributed by atoms with E-state index in [1.54, 1.807) is 0 Å². The predicted molar refractivity (Wildman–Crippen MR) is 93.5 cm³/mol. The summed E-state index contributed by atoms with van der Waals surface area (Å²) < 4.78 is 0. The second-order valence-corrected chi connectivity index (χ2v) is 5.37. The summed E-state index contributed by atoms with van der Waals surface area (Å²) in [4.78, 5) is 0. The molecule has 0 unspecified atom stereocenters. The average molecular weight is 280 g/mol. The highest BCUT2D eigenvalue weighted by Gasteiger charge is 2.11. The van der Waals surface area contributed by atoms with Crippen molar-refractivity contribution in [3.05, 3.63) is 72.1 Å². The minimum Gasteiger partial charge on any atom is -0.359 e. The first-order valence-corrected chi connectivity index (χ1v) is 7.42. The molecule has 1 aromatic rings. The van der Waals surface area contributed by atoms with Crippen molar-refractivity contribution < 1.29 is 0 Å². The smallest absolute Gasteiger partial charge is 0.0415 e. The third-order valence-electron chi connectivity index (χ3n) is 3.60. The van der Waals surface area contributed by atoms with Gasteiger partial charge in [0.05, 0.1) is 0 Å². The lowest BCUT2D eigenvalue weighted by atomic mass is 10.0. The monoisotopic (exact) mass is 280 g/mol. The highest BCUT2D eigenvalue weighted by molar-refractivity contribution is 5.64. The van der Waals surface area contributed by atoms with Crippen LogP contribution in [0.5, 0.6) is 0 Å². The Bertz CT molecular complexity index is 606. The van der Waals surface area contributed by atoms with Crippen molar-refractivity contribution in [3.8, 4) is 0 Å². The summed E-state index contributed by atoms with van der Waals surface area (Å²) in [7, 11) is 0. The molecule has 0 saturated heterocycles. The fraction of sp³-hybridized carbons (Fsp3) is 0.263. The van der Waals surface area contributed by atoms with Crippen LogP contribution in [0.4, 0.5) is 11.4 Å². The van der Waals surface area contributed by atoms with Crippen LogP contribution in [0.3, 0.4) is 0 Å². The number of hydrogen-bond donors (Lipinski definition) is 2. The summed E-state index contributed by atoms with van der Waals surface area (Å²) >= 11 is 0. The highest BCUT2D eigenvalue weighted by atomic mass is 14.9. The Labute approximate surface area is 128 Å². The quantitative estimate of drug-likeness (QED) is 0.706. The van der Waals surface area contributed by atoms with Crippen LogP contribution in [0.25, 0.3) is 0 Å². The van der Waals surface area contributed by atoms with Crippen molar-refractivity contribution in [2.45, 2.75) is 33.1 Å². The van der Waals surface area contributed by atoms with Gasteiger partial charge in [0.15, 0.2) is 0 Å². The van der Waals surface area contributed by atoms with Crippen molar-refractivity contribution in [2.24, 2.45) is 0 Å². The van der Waals surface area contributed by atoms with Gasteiger partial charge >= 0.3 is 0 Å². The molecule has 0 atom stereocenters. The topological polar surface area (TPSA) is 24.1 Å². The Morgan fingerprint density at radius 3 is 2.86 bits per heavy atom. The molecule has 1 heterocycles. The third-order valence-corrected chi connectivity index (χ3v) is 3.60. The van der Waals surface area contributed by atoms with Crippen molar-refractivity contribution >= 4 is 11.4 Å². The van der Waals surface area contributed by atoms with Gasteiger partial charge in [0.25, 0.3) is 0 Å². The highest BCUT2D eigenvalue weighted by Crippen LogP contribution is 2.29. The molecule has 110 valence electrons. The summed E-state index contributed by atoms with van der Waals surface area (Å²) in [5.74, 6) is 0. The Morgan fingerprint density at radius 1 is 1.33 bits per heavy atom. The maximum absolute atomic E-state index is 4.13. The van der Waals surface area contributed by atoms with Crippen molar-refractivity contribution in [1.82, 2.24) is 0 Å². The average Bonchev–Trinajstić information content (AvgIpc) is 2.47. The molecule has 1 aliphatic heterocycles. The maximum Gasteiger partial charge on any atom is 0.0415 e. The number of nitrogens with one attached hydrogen (secondary N) is 2. The van der Waals surface area contributed by atoms with Gasteiger partial charge < -0.3 is 10.6 Å². The number of hydrogen-bond acceptors (Lipinski definition) is 2. The molecule has 2 nitrogen and oxygen atoms in total. The van der Waals surface area contributed by atoms with Crippen LogP contribution in [0.1, 0.15) is 32.3 Å². The second kappa shape index (κ2) is 6.98. The zero-order valence-corrected chi connectivity index (χ0v) is 13.0. The van der Waals surface area contributed by atoms with Gasteiger partial charge in [0.1, 0.15) is 0 Å². The molecule has 0 spiro atoms. The zero-order valence-electron chi connectivity index (χ0n) is 13.0. The van der Waals surface area contributed by atoms with Gasteiger partial charge in [0.2, 0.25) is 0 Å². The Balaban J connectivity index is 2.03. The first kappa shape index (κ1) is 15.2. The maximum atomic E-state index is 4.13. The van der Waals surface area contributed by atoms with E-state index in [1.165, 1.54) is 16.8 Å². The largest absolute Gasteiger partial charge is 0.359 e. The number of anilines is 2. The fourth-order valence-corrected chi connectivity index (χ4v) is 2.50. The molecule has 1 aromatic carbocycles. The molecule has 0 saturated carbocycles. The molecular formula is C19H24N2. The van der Waals surface area contributed by atoms with Crippen LogP contribution in [-0.4, -0.2) is 0 Å². The Morgan fingerprint density at radius 2 is 2.14 bits per heavy atom. The summed E-state index contributed by atoms with van der Waals surface area (Å²) in [6.07, 6.45) is 9.18. The molecule has 0 aromatic heterocycles. The predicted octanol–water partition coefficient (Wildman–Crippen LogP) is 5.40. The summed E-state index contributed by atoms with van der Waals surface area (Å²) in [6.45, 7) is 12.2. The fourth-order valence-electron chi connectivity index (χ4n) is 2.50. The van der Waals surface area contributed by atoms with E-state index in [2.05, 4.69) is 67.1 Å². The van der Waals surface area contributed by atoms with Crippen LogP contribution in [0.15, 0.2) is 66.6 Å². The van der Waals surface area contributed by atoms with Crippen molar-refractivity contribution in [3.63, 3.8) is 0 Å². The first-order valence-electron chi connectivity index (χ1n) is 7.42. The van der Waals surface area contributed by atoms with Gasteiger partial charge in [-0.05, 0) is 56.0 Å². The van der Waals surface area contributed by atoms with Crippen LogP contribution in [0.2, 0.25) is 0 Å². The minimum atomic E-state index is 0.840. The molecule has 2 rings (SSSR count). The molecule has 0 amide bonds. The van der Waals surface area contributed by atoms with Crippen LogP contribution < -0.4 is 10.6 Å². The molecule has 0 aliphatic carbocycles. The lowest BCUT2D eigenvalue weighted by molar-refractivity contribution is 0.919. The number of allylic oxidation sites excluding steroid dienone is 5. The van der Waals surface area contributed by atoms with E-state index in [-0.39, 0.29) is 0 Å². The zero-order chi connectivity index (χ0) is 15.2. The van der Waals surface area contributed by atoms with E-state index in [0.29, 0.717) is 0 Å². The van der Waals surface area contributed by atoms with E-state index in [1.807, 2.05) is 6.92 Å². The van der Waals surface area contributed by atoms with E-state index in [0.717, 1.165) is 36.3 Å². The molecular weight excluding hydrogens is 256 g/mol. The molecule has 0 radical (unpaired) electrons. The molecule has 0 fully saturated rings. The summed E-state index contributed by atoms with van der Waals surface area (Å²) in [5.41, 5.74) is 6.98. The van der Waals surface area contributed by atoms with Gasteiger partial charge in [-0.15, -0.1) is 0 Å². The van der Waals surface area contributed by atoms with Gasteiger partial charge in [0, 0.05) is 29.2 Å². The molecule has 2 N–H and O–H groups in total. The molecule has 2 heteroatoms. The van der Waals surface area contributed by atoms with Crippen LogP contribution in [0, 0.1) is 0 Å².